The Balaban J connectivity index is 1.60. The molecular formula is C19H15N5O2S. The number of amides is 1. The molecule has 0 unspecified atom stereocenters. The number of carbonyl (C=O) groups excluding carboxylic acids is 1. The van der Waals surface area contributed by atoms with Gasteiger partial charge in [0.1, 0.15) is 11.6 Å². The highest BCUT2D eigenvalue weighted by atomic mass is 32.1. The molecule has 0 fully saturated rings. The van der Waals surface area contributed by atoms with Crippen LogP contribution in [0.15, 0.2) is 59.4 Å². The summed E-state index contributed by atoms with van der Waals surface area (Å²) in [7, 11) is 0. The van der Waals surface area contributed by atoms with E-state index in [9.17, 15) is 9.59 Å². The maximum atomic E-state index is 12.2. The van der Waals surface area contributed by atoms with Crippen LogP contribution in [-0.2, 0) is 11.3 Å². The van der Waals surface area contributed by atoms with Crippen molar-refractivity contribution >= 4 is 33.1 Å². The molecule has 0 saturated heterocycles. The van der Waals surface area contributed by atoms with Gasteiger partial charge in [0.2, 0.25) is 11.0 Å². The second-order valence-corrected chi connectivity index (χ2v) is 7.13. The van der Waals surface area contributed by atoms with Crippen molar-refractivity contribution in [1.29, 1.82) is 0 Å². The maximum absolute atomic E-state index is 12.2. The molecule has 0 aliphatic carbocycles. The van der Waals surface area contributed by atoms with Gasteiger partial charge < -0.3 is 0 Å². The standard InChI is InChI=1S/C19H15N5O2S/c1-12-21-22-19(27-12)20-17(25)11-24-18(26)9-8-16(23-24)15-7-6-13-4-2-3-5-14(13)10-15/h2-10H,11H2,1H3,(H,20,22,25). The Bertz CT molecular complexity index is 1200. The number of fused-ring (bicyclic) bond motifs is 1. The Morgan fingerprint density at radius 1 is 1.07 bits per heavy atom. The zero-order valence-electron chi connectivity index (χ0n) is 14.4. The third-order valence-electron chi connectivity index (χ3n) is 3.98. The van der Waals surface area contributed by atoms with Crippen molar-refractivity contribution in [2.75, 3.05) is 5.32 Å². The lowest BCUT2D eigenvalue weighted by Gasteiger charge is -2.08. The van der Waals surface area contributed by atoms with Gasteiger partial charge in [0.15, 0.2) is 0 Å². The van der Waals surface area contributed by atoms with E-state index >= 15 is 0 Å². The van der Waals surface area contributed by atoms with Gasteiger partial charge in [-0.2, -0.15) is 5.10 Å². The number of aryl methyl sites for hydroxylation is 1. The first-order chi connectivity index (χ1) is 13.1. The fraction of sp³-hybridized carbons (Fsp3) is 0.105. The highest BCUT2D eigenvalue weighted by Gasteiger charge is 2.10. The largest absolute Gasteiger partial charge is 0.299 e. The van der Waals surface area contributed by atoms with Crippen LogP contribution in [0.3, 0.4) is 0 Å². The van der Waals surface area contributed by atoms with Crippen molar-refractivity contribution in [1.82, 2.24) is 20.0 Å². The highest BCUT2D eigenvalue weighted by molar-refractivity contribution is 7.15. The van der Waals surface area contributed by atoms with E-state index < -0.39 is 0 Å². The van der Waals surface area contributed by atoms with Gasteiger partial charge in [0.25, 0.3) is 5.56 Å². The number of nitrogens with one attached hydrogen (secondary N) is 1. The number of rotatable bonds is 4. The van der Waals surface area contributed by atoms with Crippen LogP contribution in [0, 0.1) is 6.92 Å². The van der Waals surface area contributed by atoms with Gasteiger partial charge in [-0.15, -0.1) is 10.2 Å². The molecule has 0 saturated carbocycles. The number of aromatic nitrogens is 4. The first-order valence-electron chi connectivity index (χ1n) is 8.26. The van der Waals surface area contributed by atoms with Crippen molar-refractivity contribution in [3.8, 4) is 11.3 Å². The molecule has 2 aromatic carbocycles. The summed E-state index contributed by atoms with van der Waals surface area (Å²) >= 11 is 1.27. The van der Waals surface area contributed by atoms with E-state index in [1.807, 2.05) is 42.5 Å². The second-order valence-electron chi connectivity index (χ2n) is 5.95. The van der Waals surface area contributed by atoms with Gasteiger partial charge in [-0.3, -0.25) is 14.9 Å². The summed E-state index contributed by atoms with van der Waals surface area (Å²) in [4.78, 5) is 24.3. The summed E-state index contributed by atoms with van der Waals surface area (Å²) in [6, 6.07) is 17.1. The average Bonchev–Trinajstić information content (AvgIpc) is 3.07. The Kier molecular flexibility index (Phi) is 4.47. The summed E-state index contributed by atoms with van der Waals surface area (Å²) in [5.41, 5.74) is 1.16. The molecule has 0 spiro atoms. The maximum Gasteiger partial charge on any atom is 0.267 e. The van der Waals surface area contributed by atoms with Gasteiger partial charge in [-0.25, -0.2) is 4.68 Å². The van der Waals surface area contributed by atoms with Crippen LogP contribution in [-0.4, -0.2) is 25.9 Å². The minimum atomic E-state index is -0.378. The molecule has 0 atom stereocenters. The predicted octanol–water partition coefficient (Wildman–Crippen LogP) is 2.86. The van der Waals surface area contributed by atoms with E-state index in [2.05, 4.69) is 20.6 Å². The normalized spacial score (nSPS) is 10.9. The zero-order chi connectivity index (χ0) is 18.8. The molecule has 8 heteroatoms. The third-order valence-corrected chi connectivity index (χ3v) is 4.73. The van der Waals surface area contributed by atoms with Crippen LogP contribution in [0.25, 0.3) is 22.0 Å². The SMILES string of the molecule is Cc1nnc(NC(=O)Cn2nc(-c3ccc4ccccc4c3)ccc2=O)s1. The molecular weight excluding hydrogens is 362 g/mol. The predicted molar refractivity (Wildman–Crippen MR) is 105 cm³/mol. The zero-order valence-corrected chi connectivity index (χ0v) is 15.2. The minimum absolute atomic E-state index is 0.196. The van der Waals surface area contributed by atoms with E-state index in [4.69, 9.17) is 0 Å². The lowest BCUT2D eigenvalue weighted by Crippen LogP contribution is -2.29. The number of benzene rings is 2. The first kappa shape index (κ1) is 17.0. The van der Waals surface area contributed by atoms with Gasteiger partial charge >= 0.3 is 0 Å². The summed E-state index contributed by atoms with van der Waals surface area (Å²) in [6.45, 7) is 1.60. The summed E-state index contributed by atoms with van der Waals surface area (Å²) in [5.74, 6) is -0.378. The summed E-state index contributed by atoms with van der Waals surface area (Å²) < 4.78 is 1.15. The smallest absolute Gasteiger partial charge is 0.267 e. The van der Waals surface area contributed by atoms with Gasteiger partial charge in [-0.1, -0.05) is 47.7 Å². The molecule has 2 heterocycles. The molecule has 134 valence electrons. The molecule has 0 radical (unpaired) electrons. The number of hydrogen-bond acceptors (Lipinski definition) is 6. The van der Waals surface area contributed by atoms with Crippen molar-refractivity contribution in [2.45, 2.75) is 13.5 Å². The first-order valence-corrected chi connectivity index (χ1v) is 9.07. The monoisotopic (exact) mass is 377 g/mol. The fourth-order valence-corrected chi connectivity index (χ4v) is 3.31. The molecule has 0 aliphatic rings. The third kappa shape index (κ3) is 3.75. The molecule has 2 aromatic heterocycles. The van der Waals surface area contributed by atoms with Crippen molar-refractivity contribution in [3.63, 3.8) is 0 Å². The number of anilines is 1. The molecule has 0 bridgehead atoms. The van der Waals surface area contributed by atoms with Crippen LogP contribution < -0.4 is 10.9 Å². The van der Waals surface area contributed by atoms with Gasteiger partial charge in [-0.05, 0) is 29.8 Å². The lowest BCUT2D eigenvalue weighted by molar-refractivity contribution is -0.117. The van der Waals surface area contributed by atoms with E-state index in [0.29, 0.717) is 10.8 Å². The summed E-state index contributed by atoms with van der Waals surface area (Å²) in [5, 5.41) is 18.0. The molecule has 1 amide bonds. The van der Waals surface area contributed by atoms with Crippen LogP contribution >= 0.6 is 11.3 Å². The topological polar surface area (TPSA) is 89.8 Å². The molecule has 27 heavy (non-hydrogen) atoms. The Morgan fingerprint density at radius 2 is 1.89 bits per heavy atom. The van der Waals surface area contributed by atoms with Crippen molar-refractivity contribution in [3.05, 3.63) is 70.0 Å². The quantitative estimate of drug-likeness (QED) is 0.591. The van der Waals surface area contributed by atoms with Crippen LogP contribution in [0.1, 0.15) is 5.01 Å². The highest BCUT2D eigenvalue weighted by Crippen LogP contribution is 2.22. The van der Waals surface area contributed by atoms with Crippen LogP contribution in [0.2, 0.25) is 0 Å². The van der Waals surface area contributed by atoms with E-state index in [1.54, 1.807) is 13.0 Å². The Morgan fingerprint density at radius 3 is 2.67 bits per heavy atom. The fourth-order valence-electron chi connectivity index (χ4n) is 2.71. The van der Waals surface area contributed by atoms with Crippen molar-refractivity contribution in [2.24, 2.45) is 0 Å². The van der Waals surface area contributed by atoms with E-state index in [-0.39, 0.29) is 18.0 Å². The summed E-state index contributed by atoms with van der Waals surface area (Å²) in [6.07, 6.45) is 0. The van der Waals surface area contributed by atoms with Crippen LogP contribution in [0.4, 0.5) is 5.13 Å². The average molecular weight is 377 g/mol. The minimum Gasteiger partial charge on any atom is -0.299 e. The Hall–Kier alpha value is -3.39. The van der Waals surface area contributed by atoms with Crippen LogP contribution in [0.5, 0.6) is 0 Å². The number of nitrogens with zero attached hydrogens (tertiary/aromatic N) is 4. The molecule has 4 rings (SSSR count). The van der Waals surface area contributed by atoms with Gasteiger partial charge in [0.05, 0.1) is 5.69 Å². The molecule has 4 aromatic rings. The number of carbonyl (C=O) groups is 1. The van der Waals surface area contributed by atoms with Crippen molar-refractivity contribution < 1.29 is 4.79 Å². The van der Waals surface area contributed by atoms with E-state index in [1.165, 1.54) is 17.4 Å². The Labute approximate surface area is 158 Å². The van der Waals surface area contributed by atoms with E-state index in [0.717, 1.165) is 26.0 Å². The molecule has 7 nitrogen and oxygen atoms in total. The molecule has 1 N–H and O–H groups in total. The number of hydrogen-bond donors (Lipinski definition) is 1. The lowest BCUT2D eigenvalue weighted by atomic mass is 10.1. The molecule has 0 aliphatic heterocycles. The second kappa shape index (κ2) is 7.08. The van der Waals surface area contributed by atoms with Gasteiger partial charge in [0, 0.05) is 11.6 Å².